The van der Waals surface area contributed by atoms with E-state index >= 15 is 0 Å². The van der Waals surface area contributed by atoms with E-state index in [4.69, 9.17) is 0 Å². The van der Waals surface area contributed by atoms with Crippen LogP contribution in [0.5, 0.6) is 0 Å². The summed E-state index contributed by atoms with van der Waals surface area (Å²) in [5.74, 6) is 0.468. The summed E-state index contributed by atoms with van der Waals surface area (Å²) in [6.07, 6.45) is 0.972. The van der Waals surface area contributed by atoms with Crippen molar-refractivity contribution < 1.29 is 13.5 Å². The fourth-order valence-electron chi connectivity index (χ4n) is 2.45. The molecule has 0 radical (unpaired) electrons. The van der Waals surface area contributed by atoms with Crippen molar-refractivity contribution in [1.82, 2.24) is 0 Å². The minimum atomic E-state index is -3.20. The van der Waals surface area contributed by atoms with Gasteiger partial charge in [-0.15, -0.1) is 0 Å². The number of sulfone groups is 1. The lowest BCUT2D eigenvalue weighted by Crippen LogP contribution is -2.16. The number of hydrogen-bond acceptors (Lipinski definition) is 3. The zero-order valence-corrected chi connectivity index (χ0v) is 11.9. The Kier molecular flexibility index (Phi) is 3.28. The van der Waals surface area contributed by atoms with Crippen LogP contribution in [0.1, 0.15) is 32.8 Å². The average Bonchev–Trinajstić information content (AvgIpc) is 3.01. The lowest BCUT2D eigenvalue weighted by Gasteiger charge is -2.15. The molecule has 3 nitrogen and oxygen atoms in total. The van der Waals surface area contributed by atoms with Gasteiger partial charge in [-0.05, 0) is 43.9 Å². The van der Waals surface area contributed by atoms with Gasteiger partial charge in [-0.1, -0.05) is 19.1 Å². The maximum Gasteiger partial charge on any atom is 0.180 e. The molecule has 0 spiro atoms. The molecule has 4 heteroatoms. The first-order valence-electron chi connectivity index (χ1n) is 6.30. The maximum atomic E-state index is 12.0. The molecule has 0 heterocycles. The van der Waals surface area contributed by atoms with Crippen LogP contribution in [0.2, 0.25) is 0 Å². The highest BCUT2D eigenvalue weighted by Crippen LogP contribution is 2.53. The van der Waals surface area contributed by atoms with Crippen LogP contribution in [0.25, 0.3) is 0 Å². The SMILES string of the molecule is CC1CC1(CO)c1ccc(S(=O)(=O)C(C)C)cc1. The summed E-state index contributed by atoms with van der Waals surface area (Å²) >= 11 is 0. The molecule has 1 aromatic carbocycles. The number of rotatable bonds is 4. The standard InChI is InChI=1S/C14H20O3S/c1-10(2)18(16,17)13-6-4-12(5-7-13)14(9-15)8-11(14)3/h4-7,10-11,15H,8-9H2,1-3H3. The maximum absolute atomic E-state index is 12.0. The van der Waals surface area contributed by atoms with E-state index in [2.05, 4.69) is 6.92 Å². The van der Waals surface area contributed by atoms with Crippen molar-refractivity contribution in [2.24, 2.45) is 5.92 Å². The quantitative estimate of drug-likeness (QED) is 0.910. The van der Waals surface area contributed by atoms with Gasteiger partial charge in [0.05, 0.1) is 16.8 Å². The summed E-state index contributed by atoms with van der Waals surface area (Å²) in [6, 6.07) is 7.00. The van der Waals surface area contributed by atoms with Gasteiger partial charge in [-0.3, -0.25) is 0 Å². The normalized spacial score (nSPS) is 27.5. The summed E-state index contributed by atoms with van der Waals surface area (Å²) in [7, 11) is -3.20. The monoisotopic (exact) mass is 268 g/mol. The number of aliphatic hydroxyl groups excluding tert-OH is 1. The Hall–Kier alpha value is -0.870. The Morgan fingerprint density at radius 1 is 1.33 bits per heavy atom. The van der Waals surface area contributed by atoms with Gasteiger partial charge >= 0.3 is 0 Å². The third kappa shape index (κ3) is 1.97. The van der Waals surface area contributed by atoms with Crippen LogP contribution in [0, 0.1) is 5.92 Å². The lowest BCUT2D eigenvalue weighted by molar-refractivity contribution is 0.247. The van der Waals surface area contributed by atoms with Gasteiger partial charge in [0.25, 0.3) is 0 Å². The fourth-order valence-corrected chi connectivity index (χ4v) is 3.51. The summed E-state index contributed by atoms with van der Waals surface area (Å²) in [5.41, 5.74) is 0.903. The van der Waals surface area contributed by atoms with Gasteiger partial charge in [0.2, 0.25) is 0 Å². The molecule has 1 aliphatic rings. The van der Waals surface area contributed by atoms with Crippen molar-refractivity contribution in [3.63, 3.8) is 0 Å². The van der Waals surface area contributed by atoms with E-state index < -0.39 is 15.1 Å². The fraction of sp³-hybridized carbons (Fsp3) is 0.571. The smallest absolute Gasteiger partial charge is 0.180 e. The third-order valence-corrected chi connectivity index (χ3v) is 6.28. The van der Waals surface area contributed by atoms with Gasteiger partial charge in [-0.2, -0.15) is 0 Å². The van der Waals surface area contributed by atoms with E-state index in [1.807, 2.05) is 12.1 Å². The molecule has 0 amide bonds. The molecule has 0 aliphatic heterocycles. The van der Waals surface area contributed by atoms with Crippen LogP contribution < -0.4 is 0 Å². The van der Waals surface area contributed by atoms with Crippen molar-refractivity contribution in [3.8, 4) is 0 Å². The predicted molar refractivity (Wildman–Crippen MR) is 71.3 cm³/mol. The van der Waals surface area contributed by atoms with Crippen molar-refractivity contribution in [1.29, 1.82) is 0 Å². The number of aliphatic hydroxyl groups is 1. The highest BCUT2D eigenvalue weighted by atomic mass is 32.2. The van der Waals surface area contributed by atoms with E-state index in [0.29, 0.717) is 10.8 Å². The van der Waals surface area contributed by atoms with E-state index in [9.17, 15) is 13.5 Å². The zero-order chi connectivity index (χ0) is 13.6. The number of benzene rings is 1. The minimum absolute atomic E-state index is 0.129. The topological polar surface area (TPSA) is 54.4 Å². The Balaban J connectivity index is 2.33. The molecule has 1 saturated carbocycles. The summed E-state index contributed by atoms with van der Waals surface area (Å²) in [5, 5.41) is 9.07. The Morgan fingerprint density at radius 2 is 1.83 bits per heavy atom. The summed E-state index contributed by atoms with van der Waals surface area (Å²) in [4.78, 5) is 0.364. The average molecular weight is 268 g/mol. The molecular formula is C14H20O3S. The van der Waals surface area contributed by atoms with Crippen LogP contribution in [-0.4, -0.2) is 25.4 Å². The van der Waals surface area contributed by atoms with Crippen LogP contribution in [0.15, 0.2) is 29.2 Å². The first-order chi connectivity index (χ1) is 8.34. The van der Waals surface area contributed by atoms with Crippen molar-refractivity contribution in [2.75, 3.05) is 6.61 Å². The van der Waals surface area contributed by atoms with Crippen molar-refractivity contribution >= 4 is 9.84 Å². The molecule has 2 unspecified atom stereocenters. The van der Waals surface area contributed by atoms with Crippen molar-refractivity contribution in [3.05, 3.63) is 29.8 Å². The van der Waals surface area contributed by atoms with Gasteiger partial charge in [0.15, 0.2) is 9.84 Å². The van der Waals surface area contributed by atoms with E-state index in [1.165, 1.54) is 0 Å². The van der Waals surface area contributed by atoms with Crippen LogP contribution in [-0.2, 0) is 15.3 Å². The van der Waals surface area contributed by atoms with E-state index in [1.54, 1.807) is 26.0 Å². The minimum Gasteiger partial charge on any atom is -0.395 e. The van der Waals surface area contributed by atoms with Crippen molar-refractivity contribution in [2.45, 2.75) is 42.8 Å². The molecule has 100 valence electrons. The van der Waals surface area contributed by atoms with Crippen LogP contribution in [0.4, 0.5) is 0 Å². The van der Waals surface area contributed by atoms with Gasteiger partial charge < -0.3 is 5.11 Å². The Morgan fingerprint density at radius 3 is 2.17 bits per heavy atom. The molecule has 1 fully saturated rings. The van der Waals surface area contributed by atoms with E-state index in [0.717, 1.165) is 12.0 Å². The summed E-state index contributed by atoms with van der Waals surface area (Å²) < 4.78 is 24.0. The zero-order valence-electron chi connectivity index (χ0n) is 11.1. The molecule has 0 bridgehead atoms. The molecule has 1 aromatic rings. The molecule has 18 heavy (non-hydrogen) atoms. The first kappa shape index (κ1) is 13.6. The highest BCUT2D eigenvalue weighted by molar-refractivity contribution is 7.92. The highest BCUT2D eigenvalue weighted by Gasteiger charge is 2.51. The summed E-state index contributed by atoms with van der Waals surface area (Å²) in [6.45, 7) is 5.60. The molecule has 2 atom stereocenters. The molecule has 2 rings (SSSR count). The second-order valence-electron chi connectivity index (χ2n) is 5.54. The Labute approximate surface area is 109 Å². The Bertz CT molecular complexity index is 527. The predicted octanol–water partition coefficient (Wildman–Crippen LogP) is 2.14. The molecule has 1 N–H and O–H groups in total. The molecule has 1 aliphatic carbocycles. The largest absolute Gasteiger partial charge is 0.395 e. The van der Waals surface area contributed by atoms with Gasteiger partial charge in [0, 0.05) is 5.41 Å². The first-order valence-corrected chi connectivity index (χ1v) is 7.84. The third-order valence-electron chi connectivity index (χ3n) is 4.11. The molecule has 0 saturated heterocycles. The second kappa shape index (κ2) is 4.35. The molecular weight excluding hydrogens is 248 g/mol. The van der Waals surface area contributed by atoms with Crippen LogP contribution in [0.3, 0.4) is 0 Å². The number of hydrogen-bond donors (Lipinski definition) is 1. The van der Waals surface area contributed by atoms with Gasteiger partial charge in [-0.25, -0.2) is 8.42 Å². The van der Waals surface area contributed by atoms with E-state index in [-0.39, 0.29) is 12.0 Å². The van der Waals surface area contributed by atoms with Gasteiger partial charge in [0.1, 0.15) is 0 Å². The second-order valence-corrected chi connectivity index (χ2v) is 8.04. The lowest BCUT2D eigenvalue weighted by atomic mass is 9.95. The molecule has 0 aromatic heterocycles. The van der Waals surface area contributed by atoms with Crippen LogP contribution >= 0.6 is 0 Å².